The van der Waals surface area contributed by atoms with Crippen LogP contribution >= 0.6 is 23.4 Å². The number of nitrogens with one attached hydrogen (secondary N) is 2. The van der Waals surface area contributed by atoms with Crippen molar-refractivity contribution < 1.29 is 4.79 Å². The van der Waals surface area contributed by atoms with E-state index in [0.717, 1.165) is 35.0 Å². The average molecular weight is 458 g/mol. The summed E-state index contributed by atoms with van der Waals surface area (Å²) in [6, 6.07) is 15.4. The smallest absolute Gasteiger partial charge is 0.315 e. The van der Waals surface area contributed by atoms with Gasteiger partial charge in [-0.2, -0.15) is 0 Å². The zero-order chi connectivity index (χ0) is 22.2. The van der Waals surface area contributed by atoms with E-state index >= 15 is 0 Å². The molecule has 2 amide bonds. The summed E-state index contributed by atoms with van der Waals surface area (Å²) in [5.74, 6) is 1.42. The Hall–Kier alpha value is -2.51. The van der Waals surface area contributed by atoms with Crippen molar-refractivity contribution >= 4 is 29.4 Å². The third-order valence-corrected chi connectivity index (χ3v) is 6.07. The Kier molecular flexibility index (Phi) is 8.37. The molecular formula is C23H28ClN5OS. The van der Waals surface area contributed by atoms with Gasteiger partial charge in [0, 0.05) is 17.3 Å². The first-order valence-corrected chi connectivity index (χ1v) is 11.8. The predicted octanol–water partition coefficient (Wildman–Crippen LogP) is 5.68. The van der Waals surface area contributed by atoms with E-state index < -0.39 is 0 Å². The Balaban J connectivity index is 1.89. The number of aryl methyl sites for hydroxylation is 1. The van der Waals surface area contributed by atoms with Gasteiger partial charge in [0.15, 0.2) is 11.0 Å². The molecule has 3 aromatic rings. The predicted molar refractivity (Wildman–Crippen MR) is 127 cm³/mol. The summed E-state index contributed by atoms with van der Waals surface area (Å²) in [5.41, 5.74) is 3.16. The van der Waals surface area contributed by atoms with Gasteiger partial charge < -0.3 is 10.6 Å². The maximum Gasteiger partial charge on any atom is 0.315 e. The van der Waals surface area contributed by atoms with Gasteiger partial charge in [0.25, 0.3) is 0 Å². The van der Waals surface area contributed by atoms with Gasteiger partial charge >= 0.3 is 6.03 Å². The number of hydrogen-bond donors (Lipinski definition) is 2. The first-order valence-electron chi connectivity index (χ1n) is 10.4. The van der Waals surface area contributed by atoms with Gasteiger partial charge in [0.2, 0.25) is 0 Å². The Morgan fingerprint density at radius 1 is 1.19 bits per heavy atom. The topological polar surface area (TPSA) is 71.8 Å². The fourth-order valence-electron chi connectivity index (χ4n) is 3.12. The number of halogens is 1. The fourth-order valence-corrected chi connectivity index (χ4v) is 4.19. The van der Waals surface area contributed by atoms with Crippen LogP contribution in [0.1, 0.15) is 49.7 Å². The Morgan fingerprint density at radius 3 is 2.71 bits per heavy atom. The van der Waals surface area contributed by atoms with E-state index in [1.54, 1.807) is 11.8 Å². The van der Waals surface area contributed by atoms with Crippen molar-refractivity contribution in [2.24, 2.45) is 0 Å². The molecule has 0 aliphatic heterocycles. The molecule has 0 radical (unpaired) electrons. The van der Waals surface area contributed by atoms with E-state index in [1.807, 2.05) is 54.8 Å². The molecule has 0 saturated carbocycles. The first-order chi connectivity index (χ1) is 15.0. The number of rotatable bonds is 9. The normalized spacial score (nSPS) is 11.9. The number of urea groups is 1. The SMILES string of the molecule is CCCCNC(=O)NC(C)c1nnc(SCc2ccccc2)n1-c1cc(Cl)ccc1C. The van der Waals surface area contributed by atoms with Crippen LogP contribution in [0.5, 0.6) is 0 Å². The maximum absolute atomic E-state index is 12.3. The molecule has 1 heterocycles. The molecule has 1 unspecified atom stereocenters. The molecule has 1 aromatic heterocycles. The van der Waals surface area contributed by atoms with Crippen LogP contribution in [0.15, 0.2) is 53.7 Å². The minimum absolute atomic E-state index is 0.211. The molecule has 31 heavy (non-hydrogen) atoms. The summed E-state index contributed by atoms with van der Waals surface area (Å²) in [4.78, 5) is 12.3. The molecule has 2 N–H and O–H groups in total. The number of unbranched alkanes of at least 4 members (excludes halogenated alkanes) is 1. The van der Waals surface area contributed by atoms with Crippen LogP contribution in [0.3, 0.4) is 0 Å². The second kappa shape index (κ2) is 11.2. The van der Waals surface area contributed by atoms with E-state index in [1.165, 1.54) is 5.56 Å². The molecule has 2 aromatic carbocycles. The van der Waals surface area contributed by atoms with Crippen LogP contribution < -0.4 is 10.6 Å². The second-order valence-corrected chi connectivity index (χ2v) is 8.74. The molecule has 0 saturated heterocycles. The molecule has 0 bridgehead atoms. The lowest BCUT2D eigenvalue weighted by Crippen LogP contribution is -2.38. The van der Waals surface area contributed by atoms with Crippen LogP contribution in [0, 0.1) is 6.92 Å². The van der Waals surface area contributed by atoms with Crippen molar-refractivity contribution in [1.82, 2.24) is 25.4 Å². The molecule has 0 spiro atoms. The summed E-state index contributed by atoms with van der Waals surface area (Å²) in [6.07, 6.45) is 1.97. The average Bonchev–Trinajstić information content (AvgIpc) is 3.19. The lowest BCUT2D eigenvalue weighted by molar-refractivity contribution is 0.237. The van der Waals surface area contributed by atoms with Gasteiger partial charge in [-0.05, 0) is 43.5 Å². The highest BCUT2D eigenvalue weighted by molar-refractivity contribution is 7.98. The number of amides is 2. The van der Waals surface area contributed by atoms with Crippen LogP contribution in [-0.2, 0) is 5.75 Å². The zero-order valence-corrected chi connectivity index (χ0v) is 19.6. The second-order valence-electron chi connectivity index (χ2n) is 7.36. The van der Waals surface area contributed by atoms with Gasteiger partial charge in [0.1, 0.15) is 0 Å². The minimum Gasteiger partial charge on any atom is -0.338 e. The number of carbonyl (C=O) groups excluding carboxylic acids is 1. The number of benzene rings is 2. The van der Waals surface area contributed by atoms with Crippen molar-refractivity contribution in [3.63, 3.8) is 0 Å². The minimum atomic E-state index is -0.335. The van der Waals surface area contributed by atoms with Crippen LogP contribution in [-0.4, -0.2) is 27.3 Å². The highest BCUT2D eigenvalue weighted by Crippen LogP contribution is 2.30. The summed E-state index contributed by atoms with van der Waals surface area (Å²) in [5, 5.41) is 16.1. The van der Waals surface area contributed by atoms with Gasteiger partial charge in [0.05, 0.1) is 11.7 Å². The summed E-state index contributed by atoms with van der Waals surface area (Å²) < 4.78 is 1.99. The first kappa shape index (κ1) is 23.2. The van der Waals surface area contributed by atoms with Gasteiger partial charge in [-0.25, -0.2) is 4.79 Å². The lowest BCUT2D eigenvalue weighted by Gasteiger charge is -2.18. The summed E-state index contributed by atoms with van der Waals surface area (Å²) >= 11 is 7.91. The van der Waals surface area contributed by atoms with Crippen LogP contribution in [0.25, 0.3) is 5.69 Å². The van der Waals surface area contributed by atoms with Crippen molar-refractivity contribution in [2.45, 2.75) is 50.6 Å². The molecule has 0 aliphatic carbocycles. The zero-order valence-electron chi connectivity index (χ0n) is 18.1. The van der Waals surface area contributed by atoms with Crippen molar-refractivity contribution in [3.8, 4) is 5.69 Å². The fraction of sp³-hybridized carbons (Fsp3) is 0.348. The van der Waals surface area contributed by atoms with E-state index in [2.05, 4.69) is 39.9 Å². The summed E-state index contributed by atoms with van der Waals surface area (Å²) in [6.45, 7) is 6.67. The van der Waals surface area contributed by atoms with Gasteiger partial charge in [-0.15, -0.1) is 10.2 Å². The van der Waals surface area contributed by atoms with Crippen LogP contribution in [0.4, 0.5) is 4.79 Å². The molecule has 164 valence electrons. The highest BCUT2D eigenvalue weighted by Gasteiger charge is 2.22. The van der Waals surface area contributed by atoms with Gasteiger partial charge in [-0.1, -0.05) is 73.1 Å². The Labute approximate surface area is 192 Å². The molecule has 3 rings (SSSR count). The number of carbonyl (C=O) groups is 1. The van der Waals surface area contributed by atoms with Crippen LogP contribution in [0.2, 0.25) is 5.02 Å². The lowest BCUT2D eigenvalue weighted by atomic mass is 10.2. The molecule has 0 fully saturated rings. The number of thioether (sulfide) groups is 1. The molecule has 6 nitrogen and oxygen atoms in total. The number of nitrogens with zero attached hydrogens (tertiary/aromatic N) is 3. The van der Waals surface area contributed by atoms with Gasteiger partial charge in [-0.3, -0.25) is 4.57 Å². The summed E-state index contributed by atoms with van der Waals surface area (Å²) in [7, 11) is 0. The third-order valence-electron chi connectivity index (χ3n) is 4.83. The molecule has 0 aliphatic rings. The largest absolute Gasteiger partial charge is 0.338 e. The van der Waals surface area contributed by atoms with E-state index in [9.17, 15) is 4.79 Å². The molecule has 8 heteroatoms. The standard InChI is InChI=1S/C23H28ClN5OS/c1-4-5-13-25-22(30)26-17(3)21-27-28-23(31-15-18-9-7-6-8-10-18)29(21)20-14-19(24)12-11-16(20)2/h6-12,14,17H,4-5,13,15H2,1-3H3,(H2,25,26,30). The van der Waals surface area contributed by atoms with Crippen molar-refractivity contribution in [1.29, 1.82) is 0 Å². The molecular weight excluding hydrogens is 430 g/mol. The van der Waals surface area contributed by atoms with Crippen molar-refractivity contribution in [3.05, 3.63) is 70.5 Å². The Bertz CT molecular complexity index is 1010. The highest BCUT2D eigenvalue weighted by atomic mass is 35.5. The van der Waals surface area contributed by atoms with E-state index in [4.69, 9.17) is 11.6 Å². The quantitative estimate of drug-likeness (QED) is 0.320. The monoisotopic (exact) mass is 457 g/mol. The van der Waals surface area contributed by atoms with Crippen molar-refractivity contribution in [2.75, 3.05) is 6.54 Å². The molecule has 1 atom stereocenters. The third kappa shape index (κ3) is 6.24. The number of hydrogen-bond acceptors (Lipinski definition) is 4. The van der Waals surface area contributed by atoms with E-state index in [-0.39, 0.29) is 12.1 Å². The van der Waals surface area contributed by atoms with E-state index in [0.29, 0.717) is 17.4 Å². The Morgan fingerprint density at radius 2 is 1.97 bits per heavy atom. The maximum atomic E-state index is 12.3. The number of aromatic nitrogens is 3.